The van der Waals surface area contributed by atoms with E-state index in [9.17, 15) is 4.79 Å². The smallest absolute Gasteiger partial charge is 0.460 e. The predicted molar refractivity (Wildman–Crippen MR) is 156 cm³/mol. The molecule has 1 saturated heterocycles. The van der Waals surface area contributed by atoms with Crippen LogP contribution in [0.3, 0.4) is 0 Å². The normalized spacial score (nSPS) is 16.9. The van der Waals surface area contributed by atoms with Gasteiger partial charge in [0.15, 0.2) is 5.13 Å². The minimum atomic E-state index is -0.374. The van der Waals surface area contributed by atoms with E-state index in [1.54, 1.807) is 11.3 Å². The number of unbranched alkanes of at least 4 members (excludes halogenated alkanes) is 8. The highest BCUT2D eigenvalue weighted by atomic mass is 32.1. The second kappa shape index (κ2) is 12.9. The van der Waals surface area contributed by atoms with Crippen LogP contribution in [0.4, 0.5) is 5.13 Å². The molecule has 8 heteroatoms. The summed E-state index contributed by atoms with van der Waals surface area (Å²) in [6.45, 7) is 15.0. The Hall–Kier alpha value is -1.64. The fraction of sp³-hybridized carbons (Fsp3) is 0.724. The van der Waals surface area contributed by atoms with Gasteiger partial charge in [0.05, 0.1) is 21.4 Å². The second-order valence-corrected chi connectivity index (χ2v) is 13.3. The van der Waals surface area contributed by atoms with E-state index in [-0.39, 0.29) is 29.9 Å². The standard InChI is InChI=1S/C29H47BN2O4S/c1-27(2,3)34-25(33)17-15-13-11-9-8-10-12-14-16-20-31-26-32-23-19-18-22(21-24(23)37-26)30-35-28(4,5)29(6,7)36-30/h18-19,21H,8-17,20H2,1-7H3,(H,31,32). The first-order valence-corrected chi connectivity index (χ1v) is 14.9. The SMILES string of the molecule is CC(C)(C)OC(=O)CCCCCCCCCCCNc1nc2ccc(B3OC(C)(C)C(C)(C)O3)cc2s1. The molecule has 0 amide bonds. The molecule has 37 heavy (non-hydrogen) atoms. The van der Waals surface area contributed by atoms with Crippen molar-refractivity contribution in [3.05, 3.63) is 18.2 Å². The van der Waals surface area contributed by atoms with Crippen molar-refractivity contribution in [2.45, 2.75) is 129 Å². The lowest BCUT2D eigenvalue weighted by molar-refractivity contribution is -0.154. The summed E-state index contributed by atoms with van der Waals surface area (Å²) in [5.74, 6) is -0.0711. The van der Waals surface area contributed by atoms with E-state index in [1.807, 2.05) is 20.8 Å². The van der Waals surface area contributed by atoms with Crippen LogP contribution in [0, 0.1) is 0 Å². The summed E-state index contributed by atoms with van der Waals surface area (Å²) in [6, 6.07) is 6.28. The van der Waals surface area contributed by atoms with Crippen molar-refractivity contribution in [1.82, 2.24) is 4.98 Å². The Morgan fingerprint density at radius 3 is 2.11 bits per heavy atom. The first-order chi connectivity index (χ1) is 17.4. The number of thiazole rings is 1. The molecule has 0 radical (unpaired) electrons. The molecule has 1 aromatic carbocycles. The third kappa shape index (κ3) is 9.26. The number of anilines is 1. The van der Waals surface area contributed by atoms with E-state index in [1.165, 1.54) is 38.5 Å². The lowest BCUT2D eigenvalue weighted by Crippen LogP contribution is -2.41. The van der Waals surface area contributed by atoms with Gasteiger partial charge in [0.2, 0.25) is 0 Å². The van der Waals surface area contributed by atoms with Crippen molar-refractivity contribution in [2.75, 3.05) is 11.9 Å². The molecule has 3 rings (SSSR count). The number of ether oxygens (including phenoxy) is 1. The number of aromatic nitrogens is 1. The monoisotopic (exact) mass is 530 g/mol. The van der Waals surface area contributed by atoms with Gasteiger partial charge in [0.25, 0.3) is 0 Å². The molecule has 0 spiro atoms. The third-order valence-electron chi connectivity index (χ3n) is 7.19. The second-order valence-electron chi connectivity index (χ2n) is 12.3. The Morgan fingerprint density at radius 2 is 1.51 bits per heavy atom. The fourth-order valence-corrected chi connectivity index (χ4v) is 5.30. The van der Waals surface area contributed by atoms with Crippen molar-refractivity contribution in [3.63, 3.8) is 0 Å². The molecule has 1 fully saturated rings. The Morgan fingerprint density at radius 1 is 0.946 bits per heavy atom. The maximum Gasteiger partial charge on any atom is 0.494 e. The molecule has 2 aromatic rings. The molecule has 1 aliphatic heterocycles. The van der Waals surface area contributed by atoms with Crippen LogP contribution in [0.25, 0.3) is 10.2 Å². The van der Waals surface area contributed by atoms with E-state index in [2.05, 4.69) is 51.2 Å². The molecule has 6 nitrogen and oxygen atoms in total. The fourth-order valence-electron chi connectivity index (χ4n) is 4.36. The van der Waals surface area contributed by atoms with Crippen LogP contribution in [0.1, 0.15) is 113 Å². The number of nitrogens with one attached hydrogen (secondary N) is 1. The Labute approximate surface area is 228 Å². The largest absolute Gasteiger partial charge is 0.494 e. The number of esters is 1. The molecule has 206 valence electrons. The molecule has 1 aliphatic rings. The number of carbonyl (C=O) groups excluding carboxylic acids is 1. The predicted octanol–water partition coefficient (Wildman–Crippen LogP) is 7.25. The Balaban J connectivity index is 1.25. The van der Waals surface area contributed by atoms with Crippen LogP contribution in [0.5, 0.6) is 0 Å². The van der Waals surface area contributed by atoms with Crippen molar-refractivity contribution in [2.24, 2.45) is 0 Å². The van der Waals surface area contributed by atoms with Crippen LogP contribution in [0.2, 0.25) is 0 Å². The summed E-state index contributed by atoms with van der Waals surface area (Å²) in [6.07, 6.45) is 11.3. The van der Waals surface area contributed by atoms with Gasteiger partial charge in [-0.2, -0.15) is 0 Å². The summed E-state index contributed by atoms with van der Waals surface area (Å²) < 4.78 is 18.9. The highest BCUT2D eigenvalue weighted by molar-refractivity contribution is 7.22. The van der Waals surface area contributed by atoms with Gasteiger partial charge in [-0.05, 0) is 78.9 Å². The van der Waals surface area contributed by atoms with E-state index in [0.29, 0.717) is 6.42 Å². The zero-order chi connectivity index (χ0) is 27.1. The summed E-state index contributed by atoms with van der Waals surface area (Å²) in [7, 11) is -0.342. The third-order valence-corrected chi connectivity index (χ3v) is 8.17. The van der Waals surface area contributed by atoms with Crippen LogP contribution in [-0.4, -0.2) is 41.4 Å². The maximum atomic E-state index is 11.7. The quantitative estimate of drug-likeness (QED) is 0.158. The van der Waals surface area contributed by atoms with Gasteiger partial charge in [0.1, 0.15) is 5.60 Å². The minimum absolute atomic E-state index is 0.0711. The van der Waals surface area contributed by atoms with Crippen LogP contribution in [-0.2, 0) is 18.8 Å². The zero-order valence-electron chi connectivity index (χ0n) is 24.1. The Kier molecular flexibility index (Phi) is 10.5. The number of benzene rings is 1. The lowest BCUT2D eigenvalue weighted by atomic mass is 9.79. The highest BCUT2D eigenvalue weighted by Gasteiger charge is 2.51. The number of fused-ring (bicyclic) bond motifs is 1. The first kappa shape index (κ1) is 29.9. The van der Waals surface area contributed by atoms with Crippen molar-refractivity contribution >= 4 is 45.2 Å². The summed E-state index contributed by atoms with van der Waals surface area (Å²) >= 11 is 1.69. The summed E-state index contributed by atoms with van der Waals surface area (Å²) in [5.41, 5.74) is 1.01. The zero-order valence-corrected chi connectivity index (χ0v) is 24.9. The maximum absolute atomic E-state index is 11.7. The molecular formula is C29H47BN2O4S. The topological polar surface area (TPSA) is 69.7 Å². The number of rotatable bonds is 14. The highest BCUT2D eigenvalue weighted by Crippen LogP contribution is 2.37. The molecule has 0 aliphatic carbocycles. The van der Waals surface area contributed by atoms with Gasteiger partial charge in [-0.15, -0.1) is 0 Å². The average molecular weight is 531 g/mol. The van der Waals surface area contributed by atoms with E-state index < -0.39 is 0 Å². The van der Waals surface area contributed by atoms with Gasteiger partial charge in [-0.3, -0.25) is 4.79 Å². The number of carbonyl (C=O) groups is 1. The van der Waals surface area contributed by atoms with E-state index in [0.717, 1.165) is 46.6 Å². The van der Waals surface area contributed by atoms with Crippen LogP contribution >= 0.6 is 11.3 Å². The van der Waals surface area contributed by atoms with E-state index >= 15 is 0 Å². The molecule has 0 unspecified atom stereocenters. The van der Waals surface area contributed by atoms with Crippen molar-refractivity contribution < 1.29 is 18.8 Å². The van der Waals surface area contributed by atoms with Crippen LogP contribution < -0.4 is 10.8 Å². The number of hydrogen-bond acceptors (Lipinski definition) is 7. The number of hydrogen-bond donors (Lipinski definition) is 1. The van der Waals surface area contributed by atoms with Gasteiger partial charge in [0, 0.05) is 13.0 Å². The first-order valence-electron chi connectivity index (χ1n) is 14.1. The van der Waals surface area contributed by atoms with Gasteiger partial charge in [-0.1, -0.05) is 62.3 Å². The van der Waals surface area contributed by atoms with Gasteiger partial charge < -0.3 is 19.4 Å². The molecule has 0 atom stereocenters. The average Bonchev–Trinajstić information content (AvgIpc) is 3.29. The van der Waals surface area contributed by atoms with E-state index in [4.69, 9.17) is 19.0 Å². The molecule has 0 bridgehead atoms. The minimum Gasteiger partial charge on any atom is -0.460 e. The lowest BCUT2D eigenvalue weighted by Gasteiger charge is -2.32. The molecule has 1 aromatic heterocycles. The summed E-state index contributed by atoms with van der Waals surface area (Å²) in [5, 5.41) is 4.48. The molecule has 1 N–H and O–H groups in total. The summed E-state index contributed by atoms with van der Waals surface area (Å²) in [4.78, 5) is 16.5. The van der Waals surface area contributed by atoms with Crippen molar-refractivity contribution in [3.8, 4) is 0 Å². The van der Waals surface area contributed by atoms with Crippen LogP contribution in [0.15, 0.2) is 18.2 Å². The van der Waals surface area contributed by atoms with Crippen molar-refractivity contribution in [1.29, 1.82) is 0 Å². The Bertz CT molecular complexity index is 999. The van der Waals surface area contributed by atoms with Gasteiger partial charge in [-0.25, -0.2) is 4.98 Å². The van der Waals surface area contributed by atoms with Gasteiger partial charge >= 0.3 is 13.1 Å². The molecule has 0 saturated carbocycles. The molecular weight excluding hydrogens is 483 g/mol. The number of nitrogens with zero attached hydrogens (tertiary/aromatic N) is 1. The molecule has 2 heterocycles.